The highest BCUT2D eigenvalue weighted by atomic mass is 16.5. The van der Waals surface area contributed by atoms with Crippen molar-refractivity contribution in [1.82, 2.24) is 9.80 Å². The number of aliphatic hydroxyl groups excluding tert-OH is 1. The Labute approximate surface area is 210 Å². The van der Waals surface area contributed by atoms with Gasteiger partial charge in [-0.05, 0) is 56.9 Å². The molecule has 194 valence electrons. The molecule has 0 aromatic heterocycles. The van der Waals surface area contributed by atoms with Gasteiger partial charge in [-0.3, -0.25) is 9.59 Å². The molecule has 10 nitrogen and oxygen atoms in total. The van der Waals surface area contributed by atoms with Crippen molar-refractivity contribution >= 4 is 17.4 Å². The number of benzene rings is 2. The molecule has 2 N–H and O–H groups in total. The van der Waals surface area contributed by atoms with E-state index in [0.29, 0.717) is 41.5 Å². The number of hydrogen-bond donors (Lipinski definition) is 2. The van der Waals surface area contributed by atoms with E-state index >= 15 is 0 Å². The van der Waals surface area contributed by atoms with Gasteiger partial charge in [0.1, 0.15) is 17.3 Å². The number of nitrogens with zero attached hydrogens (tertiary/aromatic N) is 2. The molecule has 1 saturated heterocycles. The molecule has 1 heterocycles. The van der Waals surface area contributed by atoms with E-state index in [4.69, 9.17) is 18.9 Å². The molecular weight excluding hydrogens is 468 g/mol. The van der Waals surface area contributed by atoms with Crippen molar-refractivity contribution in [3.05, 3.63) is 47.0 Å². The number of aromatic hydroxyl groups is 1. The van der Waals surface area contributed by atoms with Gasteiger partial charge in [0.25, 0.3) is 11.7 Å². The first-order valence-corrected chi connectivity index (χ1v) is 11.3. The third-order valence-corrected chi connectivity index (χ3v) is 6.01. The zero-order valence-corrected chi connectivity index (χ0v) is 21.3. The number of hydrogen-bond acceptors (Lipinski definition) is 9. The van der Waals surface area contributed by atoms with Gasteiger partial charge in [0.2, 0.25) is 5.75 Å². The summed E-state index contributed by atoms with van der Waals surface area (Å²) in [6.07, 6.45) is 0.592. The Morgan fingerprint density at radius 3 is 2.11 bits per heavy atom. The zero-order chi connectivity index (χ0) is 26.6. The van der Waals surface area contributed by atoms with E-state index < -0.39 is 23.5 Å². The van der Waals surface area contributed by atoms with Crippen LogP contribution >= 0.6 is 0 Å². The molecule has 0 aliphatic carbocycles. The molecule has 2 aromatic rings. The summed E-state index contributed by atoms with van der Waals surface area (Å²) < 4.78 is 21.5. The lowest BCUT2D eigenvalue weighted by molar-refractivity contribution is -0.139. The van der Waals surface area contributed by atoms with Crippen LogP contribution in [0.25, 0.3) is 5.76 Å². The lowest BCUT2D eigenvalue weighted by Crippen LogP contribution is -2.32. The lowest BCUT2D eigenvalue weighted by Gasteiger charge is -2.27. The number of amides is 1. The second-order valence-corrected chi connectivity index (χ2v) is 8.49. The second-order valence-electron chi connectivity index (χ2n) is 8.49. The summed E-state index contributed by atoms with van der Waals surface area (Å²) in [5, 5.41) is 21.8. The van der Waals surface area contributed by atoms with Crippen molar-refractivity contribution in [3.8, 4) is 28.7 Å². The van der Waals surface area contributed by atoms with Crippen LogP contribution in [0.2, 0.25) is 0 Å². The number of aliphatic hydroxyl groups is 1. The maximum Gasteiger partial charge on any atom is 0.295 e. The number of phenolic OH excluding ortho intramolecular Hbond substituents is 1. The van der Waals surface area contributed by atoms with Crippen LogP contribution in [-0.4, -0.2) is 87.3 Å². The molecule has 1 unspecified atom stereocenters. The largest absolute Gasteiger partial charge is 0.507 e. The van der Waals surface area contributed by atoms with Gasteiger partial charge in [-0.15, -0.1) is 0 Å². The SMILES string of the molecule is COc1ccc(/C(O)=C2\C(=O)C(=O)N(CCCN(C)C)C2c2cc(OC)c(OC)c(OC)c2)c(O)c1. The van der Waals surface area contributed by atoms with E-state index in [2.05, 4.69) is 0 Å². The van der Waals surface area contributed by atoms with Gasteiger partial charge < -0.3 is 39.0 Å². The van der Waals surface area contributed by atoms with E-state index in [0.717, 1.165) is 0 Å². The summed E-state index contributed by atoms with van der Waals surface area (Å²) in [5.41, 5.74) is 0.322. The number of rotatable bonds is 10. The summed E-state index contributed by atoms with van der Waals surface area (Å²) in [7, 11) is 9.67. The molecule has 1 aliphatic heterocycles. The third kappa shape index (κ3) is 5.03. The van der Waals surface area contributed by atoms with E-state index in [9.17, 15) is 19.8 Å². The number of Topliss-reactive ketones (excluding diaryl/α,β-unsaturated/α-hetero) is 1. The molecule has 0 bridgehead atoms. The molecule has 1 fully saturated rings. The van der Waals surface area contributed by atoms with Crippen LogP contribution in [0.5, 0.6) is 28.7 Å². The maximum atomic E-state index is 13.3. The van der Waals surface area contributed by atoms with Crippen molar-refractivity contribution in [1.29, 1.82) is 0 Å². The van der Waals surface area contributed by atoms with Gasteiger partial charge in [-0.25, -0.2) is 0 Å². The van der Waals surface area contributed by atoms with Gasteiger partial charge in [0.15, 0.2) is 11.5 Å². The number of likely N-dealkylation sites (tertiary alicyclic amines) is 1. The minimum atomic E-state index is -0.956. The topological polar surface area (TPSA) is 118 Å². The molecule has 0 saturated carbocycles. The Morgan fingerprint density at radius 2 is 1.61 bits per heavy atom. The van der Waals surface area contributed by atoms with E-state index in [1.807, 2.05) is 19.0 Å². The smallest absolute Gasteiger partial charge is 0.295 e. The Balaban J connectivity index is 2.24. The quantitative estimate of drug-likeness (QED) is 0.288. The van der Waals surface area contributed by atoms with Gasteiger partial charge in [-0.1, -0.05) is 0 Å². The minimum absolute atomic E-state index is 0.000432. The van der Waals surface area contributed by atoms with Gasteiger partial charge >= 0.3 is 0 Å². The first-order valence-electron chi connectivity index (χ1n) is 11.3. The number of carbonyl (C=O) groups is 2. The van der Waals surface area contributed by atoms with Gasteiger partial charge in [0.05, 0.1) is 45.6 Å². The van der Waals surface area contributed by atoms with E-state index in [-0.39, 0.29) is 23.4 Å². The van der Waals surface area contributed by atoms with Crippen LogP contribution in [0, 0.1) is 0 Å². The maximum absolute atomic E-state index is 13.3. The van der Waals surface area contributed by atoms with Crippen LogP contribution in [0.4, 0.5) is 0 Å². The fraction of sp³-hybridized carbons (Fsp3) is 0.385. The third-order valence-electron chi connectivity index (χ3n) is 6.01. The van der Waals surface area contributed by atoms with E-state index in [1.165, 1.54) is 51.5 Å². The normalized spacial score (nSPS) is 17.0. The van der Waals surface area contributed by atoms with Crippen LogP contribution in [0.15, 0.2) is 35.9 Å². The Morgan fingerprint density at radius 1 is 0.972 bits per heavy atom. The molecule has 36 heavy (non-hydrogen) atoms. The summed E-state index contributed by atoms with van der Waals surface area (Å²) in [4.78, 5) is 29.8. The molecule has 1 atom stereocenters. The Kier molecular flexibility index (Phi) is 8.31. The van der Waals surface area contributed by atoms with Gasteiger partial charge in [0, 0.05) is 12.6 Å². The molecule has 1 aliphatic rings. The van der Waals surface area contributed by atoms with Crippen molar-refractivity contribution < 1.29 is 38.7 Å². The number of ketones is 1. The second kappa shape index (κ2) is 11.2. The van der Waals surface area contributed by atoms with Crippen molar-refractivity contribution in [2.45, 2.75) is 12.5 Å². The van der Waals surface area contributed by atoms with Crippen LogP contribution < -0.4 is 18.9 Å². The summed E-state index contributed by atoms with van der Waals surface area (Å²) >= 11 is 0. The summed E-state index contributed by atoms with van der Waals surface area (Å²) in [6, 6.07) is 6.60. The van der Waals surface area contributed by atoms with Crippen molar-refractivity contribution in [2.24, 2.45) is 0 Å². The standard InChI is InChI=1S/C26H32N2O8/c1-27(2)10-7-11-28-22(15-12-19(34-4)25(36-6)20(13-15)35-5)21(24(31)26(28)32)23(30)17-9-8-16(33-3)14-18(17)29/h8-9,12-14,22,29-30H,7,10-11H2,1-6H3/b23-21+. The van der Waals surface area contributed by atoms with Crippen LogP contribution in [0.1, 0.15) is 23.6 Å². The fourth-order valence-corrected chi connectivity index (χ4v) is 4.26. The van der Waals surface area contributed by atoms with Crippen molar-refractivity contribution in [3.63, 3.8) is 0 Å². The highest BCUT2D eigenvalue weighted by molar-refractivity contribution is 6.46. The fourth-order valence-electron chi connectivity index (χ4n) is 4.26. The van der Waals surface area contributed by atoms with E-state index in [1.54, 1.807) is 12.1 Å². The molecule has 0 spiro atoms. The molecule has 1 amide bonds. The number of carbonyl (C=O) groups excluding carboxylic acids is 2. The van der Waals surface area contributed by atoms with Crippen LogP contribution in [0.3, 0.4) is 0 Å². The number of phenols is 1. The lowest BCUT2D eigenvalue weighted by atomic mass is 9.94. The Bertz CT molecular complexity index is 1150. The Hall–Kier alpha value is -3.92. The predicted molar refractivity (Wildman–Crippen MR) is 133 cm³/mol. The summed E-state index contributed by atoms with van der Waals surface area (Å²) in [6.45, 7) is 0.944. The molecular formula is C26H32N2O8. The molecule has 3 rings (SSSR count). The summed E-state index contributed by atoms with van der Waals surface area (Å²) in [5.74, 6) is -1.02. The number of ether oxygens (including phenoxy) is 4. The first-order chi connectivity index (χ1) is 17.2. The zero-order valence-electron chi connectivity index (χ0n) is 21.3. The number of methoxy groups -OCH3 is 4. The van der Waals surface area contributed by atoms with Crippen molar-refractivity contribution in [2.75, 3.05) is 55.6 Å². The highest BCUT2D eigenvalue weighted by Gasteiger charge is 2.46. The molecule has 10 heteroatoms. The highest BCUT2D eigenvalue weighted by Crippen LogP contribution is 2.46. The molecule has 2 aromatic carbocycles. The van der Waals surface area contributed by atoms with Gasteiger partial charge in [-0.2, -0.15) is 0 Å². The average molecular weight is 501 g/mol. The predicted octanol–water partition coefficient (Wildman–Crippen LogP) is 2.80. The average Bonchev–Trinajstić information content (AvgIpc) is 3.12. The van der Waals surface area contributed by atoms with Crippen LogP contribution in [-0.2, 0) is 9.59 Å². The first kappa shape index (κ1) is 26.7. The molecule has 0 radical (unpaired) electrons. The minimum Gasteiger partial charge on any atom is -0.507 e. The monoisotopic (exact) mass is 500 g/mol.